The van der Waals surface area contributed by atoms with Gasteiger partial charge in [0.25, 0.3) is 0 Å². The van der Waals surface area contributed by atoms with Crippen LogP contribution in [0.3, 0.4) is 0 Å². The van der Waals surface area contributed by atoms with Crippen molar-refractivity contribution < 1.29 is 18.3 Å². The second-order valence-corrected chi connectivity index (χ2v) is 5.90. The van der Waals surface area contributed by atoms with E-state index in [0.717, 1.165) is 16.3 Å². The van der Waals surface area contributed by atoms with Crippen molar-refractivity contribution in [1.82, 2.24) is 4.31 Å². The van der Waals surface area contributed by atoms with E-state index in [1.807, 2.05) is 19.1 Å². The van der Waals surface area contributed by atoms with Gasteiger partial charge in [0.2, 0.25) is 0 Å². The fraction of sp³-hybridized carbons (Fsp3) is 0.417. The summed E-state index contributed by atoms with van der Waals surface area (Å²) in [5.41, 5.74) is 1.57. The van der Waals surface area contributed by atoms with Crippen LogP contribution in [-0.2, 0) is 21.4 Å². The minimum atomic E-state index is -3.71. The summed E-state index contributed by atoms with van der Waals surface area (Å²) in [7, 11) is -2.37. The minimum absolute atomic E-state index is 0.0717. The maximum Gasteiger partial charge on any atom is 0.304 e. The van der Waals surface area contributed by atoms with Gasteiger partial charge in [0, 0.05) is 19.3 Å². The van der Waals surface area contributed by atoms with E-state index in [-0.39, 0.29) is 13.0 Å². The first kappa shape index (κ1) is 15.5. The Balaban J connectivity index is 2.69. The molecule has 1 aromatic carbocycles. The average Bonchev–Trinajstić information content (AvgIpc) is 2.36. The van der Waals surface area contributed by atoms with Crippen molar-refractivity contribution in [3.63, 3.8) is 0 Å². The number of benzene rings is 1. The molecule has 0 aliphatic rings. The standard InChI is InChI=1S/C12H18N2O4S/c1-3-10-4-6-11(7-5-10)13-19(17,18)14(2)9-8-12(15)16/h4-7,13H,3,8-9H2,1-2H3,(H,15,16). The number of aryl methyl sites for hydroxylation is 1. The number of rotatable bonds is 7. The first-order valence-electron chi connectivity index (χ1n) is 5.90. The van der Waals surface area contributed by atoms with Crippen molar-refractivity contribution in [2.45, 2.75) is 19.8 Å². The second-order valence-electron chi connectivity index (χ2n) is 4.12. The first-order chi connectivity index (χ1) is 8.85. The van der Waals surface area contributed by atoms with Crippen LogP contribution in [0.4, 0.5) is 5.69 Å². The van der Waals surface area contributed by atoms with Crippen molar-refractivity contribution in [1.29, 1.82) is 0 Å². The molecule has 1 rings (SSSR count). The average molecular weight is 286 g/mol. The summed E-state index contributed by atoms with van der Waals surface area (Å²) < 4.78 is 27.2. The Hall–Kier alpha value is -1.60. The van der Waals surface area contributed by atoms with Crippen LogP contribution in [-0.4, -0.2) is 37.4 Å². The van der Waals surface area contributed by atoms with E-state index >= 15 is 0 Å². The summed E-state index contributed by atoms with van der Waals surface area (Å²) in [6.45, 7) is 1.94. The van der Waals surface area contributed by atoms with Crippen LogP contribution in [0.15, 0.2) is 24.3 Å². The zero-order chi connectivity index (χ0) is 14.5. The van der Waals surface area contributed by atoms with E-state index in [1.54, 1.807) is 12.1 Å². The van der Waals surface area contributed by atoms with Crippen LogP contribution in [0.5, 0.6) is 0 Å². The highest BCUT2D eigenvalue weighted by molar-refractivity contribution is 7.90. The zero-order valence-corrected chi connectivity index (χ0v) is 11.8. The molecular weight excluding hydrogens is 268 g/mol. The third kappa shape index (κ3) is 4.88. The predicted octanol–water partition coefficient (Wildman–Crippen LogP) is 1.31. The Bertz CT molecular complexity index is 525. The van der Waals surface area contributed by atoms with E-state index in [4.69, 9.17) is 5.11 Å². The number of aliphatic carboxylic acids is 1. The molecule has 0 unspecified atom stereocenters. The number of carboxylic acid groups (broad SMARTS) is 1. The van der Waals surface area contributed by atoms with Gasteiger partial charge in [-0.05, 0) is 24.1 Å². The highest BCUT2D eigenvalue weighted by Crippen LogP contribution is 2.13. The molecule has 0 amide bonds. The molecule has 0 aliphatic heterocycles. The molecule has 106 valence electrons. The minimum Gasteiger partial charge on any atom is -0.481 e. The van der Waals surface area contributed by atoms with Crippen molar-refractivity contribution in [3.8, 4) is 0 Å². The Kier molecular flexibility index (Phi) is 5.31. The predicted molar refractivity (Wildman–Crippen MR) is 73.2 cm³/mol. The highest BCUT2D eigenvalue weighted by Gasteiger charge is 2.18. The lowest BCUT2D eigenvalue weighted by Crippen LogP contribution is -2.34. The van der Waals surface area contributed by atoms with Gasteiger partial charge in [-0.15, -0.1) is 0 Å². The van der Waals surface area contributed by atoms with Crippen molar-refractivity contribution >= 4 is 21.9 Å². The van der Waals surface area contributed by atoms with Crippen LogP contribution in [0.2, 0.25) is 0 Å². The fourth-order valence-electron chi connectivity index (χ4n) is 1.41. The quantitative estimate of drug-likeness (QED) is 0.791. The van der Waals surface area contributed by atoms with E-state index in [1.165, 1.54) is 7.05 Å². The number of carbonyl (C=O) groups is 1. The summed E-state index contributed by atoms with van der Waals surface area (Å²) in [5, 5.41) is 8.53. The lowest BCUT2D eigenvalue weighted by molar-refractivity contribution is -0.137. The molecule has 0 saturated carbocycles. The van der Waals surface area contributed by atoms with Gasteiger partial charge in [-0.1, -0.05) is 19.1 Å². The molecular formula is C12H18N2O4S. The first-order valence-corrected chi connectivity index (χ1v) is 7.34. The van der Waals surface area contributed by atoms with Gasteiger partial charge >= 0.3 is 16.2 Å². The Morgan fingerprint density at radius 1 is 1.32 bits per heavy atom. The number of anilines is 1. The van der Waals surface area contributed by atoms with Gasteiger partial charge < -0.3 is 5.11 Å². The summed E-state index contributed by atoms with van der Waals surface area (Å²) in [6, 6.07) is 7.05. The van der Waals surface area contributed by atoms with Crippen LogP contribution < -0.4 is 4.72 Å². The molecule has 6 nitrogen and oxygen atoms in total. The summed E-state index contributed by atoms with van der Waals surface area (Å²) in [6.07, 6.45) is 0.651. The Labute approximate surface area is 113 Å². The monoisotopic (exact) mass is 286 g/mol. The molecule has 2 N–H and O–H groups in total. The van der Waals surface area contributed by atoms with E-state index in [9.17, 15) is 13.2 Å². The van der Waals surface area contributed by atoms with Crippen LogP contribution in [0.25, 0.3) is 0 Å². The van der Waals surface area contributed by atoms with E-state index in [0.29, 0.717) is 5.69 Å². The number of hydrogen-bond acceptors (Lipinski definition) is 3. The number of nitrogens with zero attached hydrogens (tertiary/aromatic N) is 1. The lowest BCUT2D eigenvalue weighted by atomic mass is 10.2. The molecule has 0 aromatic heterocycles. The van der Waals surface area contributed by atoms with Crippen LogP contribution in [0, 0.1) is 0 Å². The molecule has 7 heteroatoms. The van der Waals surface area contributed by atoms with Gasteiger partial charge in [0.05, 0.1) is 6.42 Å². The second kappa shape index (κ2) is 6.53. The maximum absolute atomic E-state index is 11.9. The number of nitrogens with one attached hydrogen (secondary N) is 1. The van der Waals surface area contributed by atoms with Crippen molar-refractivity contribution in [3.05, 3.63) is 29.8 Å². The Morgan fingerprint density at radius 2 is 1.89 bits per heavy atom. The van der Waals surface area contributed by atoms with Gasteiger partial charge in [-0.2, -0.15) is 12.7 Å². The van der Waals surface area contributed by atoms with E-state index in [2.05, 4.69) is 4.72 Å². The van der Waals surface area contributed by atoms with Gasteiger partial charge in [-0.3, -0.25) is 9.52 Å². The van der Waals surface area contributed by atoms with Crippen molar-refractivity contribution in [2.75, 3.05) is 18.3 Å². The zero-order valence-electron chi connectivity index (χ0n) is 11.0. The largest absolute Gasteiger partial charge is 0.481 e. The molecule has 0 aliphatic carbocycles. The molecule has 0 bridgehead atoms. The highest BCUT2D eigenvalue weighted by atomic mass is 32.2. The van der Waals surface area contributed by atoms with Gasteiger partial charge in [-0.25, -0.2) is 0 Å². The lowest BCUT2D eigenvalue weighted by Gasteiger charge is -2.17. The fourth-order valence-corrected chi connectivity index (χ4v) is 2.33. The third-order valence-electron chi connectivity index (χ3n) is 2.66. The van der Waals surface area contributed by atoms with Gasteiger partial charge in [0.15, 0.2) is 0 Å². The molecule has 0 atom stereocenters. The SMILES string of the molecule is CCc1ccc(NS(=O)(=O)N(C)CCC(=O)O)cc1. The molecule has 1 aromatic rings. The molecule has 0 radical (unpaired) electrons. The number of carboxylic acids is 1. The molecule has 0 heterocycles. The maximum atomic E-state index is 11.9. The Morgan fingerprint density at radius 3 is 2.37 bits per heavy atom. The van der Waals surface area contributed by atoms with Crippen LogP contribution >= 0.6 is 0 Å². The molecule has 0 spiro atoms. The molecule has 19 heavy (non-hydrogen) atoms. The summed E-state index contributed by atoms with van der Waals surface area (Å²) in [5.74, 6) is -1.03. The normalized spacial score (nSPS) is 11.5. The summed E-state index contributed by atoms with van der Waals surface area (Å²) >= 11 is 0. The number of hydrogen-bond donors (Lipinski definition) is 2. The van der Waals surface area contributed by atoms with Crippen LogP contribution in [0.1, 0.15) is 18.9 Å². The molecule has 0 fully saturated rings. The van der Waals surface area contributed by atoms with Crippen molar-refractivity contribution in [2.24, 2.45) is 0 Å². The van der Waals surface area contributed by atoms with E-state index < -0.39 is 16.2 Å². The van der Waals surface area contributed by atoms with Gasteiger partial charge in [0.1, 0.15) is 0 Å². The third-order valence-corrected chi connectivity index (χ3v) is 4.16. The topological polar surface area (TPSA) is 86.7 Å². The smallest absolute Gasteiger partial charge is 0.304 e. The summed E-state index contributed by atoms with van der Waals surface area (Å²) in [4.78, 5) is 10.4. The molecule has 0 saturated heterocycles.